The van der Waals surface area contributed by atoms with Crippen LogP contribution in [0.25, 0.3) is 0 Å². The molecule has 0 aliphatic carbocycles. The maximum absolute atomic E-state index is 13.9. The molecule has 0 saturated heterocycles. The van der Waals surface area contributed by atoms with E-state index in [1.807, 2.05) is 70.2 Å². The summed E-state index contributed by atoms with van der Waals surface area (Å²) in [5.74, 6) is -0.151. The maximum atomic E-state index is 13.9. The molecule has 0 radical (unpaired) electrons. The van der Waals surface area contributed by atoms with Crippen molar-refractivity contribution in [1.82, 2.24) is 0 Å². The molecule has 6 heteroatoms. The van der Waals surface area contributed by atoms with E-state index in [9.17, 15) is 4.57 Å². The van der Waals surface area contributed by atoms with Gasteiger partial charge in [0.05, 0.1) is 13.2 Å². The van der Waals surface area contributed by atoms with Gasteiger partial charge in [0.15, 0.2) is 5.78 Å². The molecular weight excluding hydrogens is 381 g/mol. The summed E-state index contributed by atoms with van der Waals surface area (Å²) in [5, 5.41) is 3.97. The van der Waals surface area contributed by atoms with Crippen molar-refractivity contribution in [2.75, 3.05) is 18.5 Å². The molecule has 1 atom stereocenters. The predicted molar refractivity (Wildman–Crippen MR) is 113 cm³/mol. The molecule has 0 aliphatic rings. The third kappa shape index (κ3) is 6.97. The van der Waals surface area contributed by atoms with Crippen molar-refractivity contribution in [3.8, 4) is 0 Å². The van der Waals surface area contributed by atoms with Crippen molar-refractivity contribution in [2.45, 2.75) is 33.5 Å². The highest BCUT2D eigenvalue weighted by molar-refractivity contribution is 7.54. The van der Waals surface area contributed by atoms with E-state index >= 15 is 0 Å². The summed E-state index contributed by atoms with van der Waals surface area (Å²) >= 11 is 6.04. The van der Waals surface area contributed by atoms with Crippen LogP contribution in [-0.2, 0) is 13.6 Å². The summed E-state index contributed by atoms with van der Waals surface area (Å²) in [6, 6.07) is 16.9. The summed E-state index contributed by atoms with van der Waals surface area (Å²) in [6.07, 6.45) is 0. The van der Waals surface area contributed by atoms with E-state index in [-0.39, 0.29) is 11.8 Å². The fourth-order valence-corrected chi connectivity index (χ4v) is 4.73. The third-order valence-electron chi connectivity index (χ3n) is 3.75. The molecule has 0 spiro atoms. The number of hydrogen-bond acceptors (Lipinski definition) is 4. The molecule has 0 bridgehead atoms. The molecule has 4 nitrogen and oxygen atoms in total. The molecule has 0 heterocycles. The second-order valence-electron chi connectivity index (χ2n) is 7.38. The molecule has 2 aromatic rings. The Morgan fingerprint density at radius 1 is 0.889 bits per heavy atom. The number of halogens is 1. The van der Waals surface area contributed by atoms with Crippen LogP contribution in [0.4, 0.5) is 5.69 Å². The summed E-state index contributed by atoms with van der Waals surface area (Å²) in [4.78, 5) is 0. The highest BCUT2D eigenvalue weighted by atomic mass is 35.5. The molecule has 0 fully saturated rings. The van der Waals surface area contributed by atoms with Gasteiger partial charge in [0.2, 0.25) is 0 Å². The molecular formula is C21H29ClNO3P. The van der Waals surface area contributed by atoms with Crippen molar-refractivity contribution < 1.29 is 13.6 Å². The van der Waals surface area contributed by atoms with Crippen LogP contribution in [0.3, 0.4) is 0 Å². The highest BCUT2D eigenvalue weighted by Gasteiger charge is 2.38. The van der Waals surface area contributed by atoms with Gasteiger partial charge in [0.1, 0.15) is 0 Å². The molecule has 0 amide bonds. The Morgan fingerprint density at radius 3 is 1.89 bits per heavy atom. The first-order chi connectivity index (χ1) is 12.8. The second-order valence-corrected chi connectivity index (χ2v) is 9.93. The van der Waals surface area contributed by atoms with Crippen molar-refractivity contribution in [3.63, 3.8) is 0 Å². The van der Waals surface area contributed by atoms with Gasteiger partial charge in [-0.15, -0.1) is 0 Å². The van der Waals surface area contributed by atoms with E-state index in [1.54, 1.807) is 12.1 Å². The van der Waals surface area contributed by atoms with Crippen LogP contribution in [0.1, 0.15) is 39.0 Å². The van der Waals surface area contributed by atoms with Crippen LogP contribution in [-0.4, -0.2) is 13.2 Å². The monoisotopic (exact) mass is 409 g/mol. The van der Waals surface area contributed by atoms with E-state index in [2.05, 4.69) is 5.32 Å². The summed E-state index contributed by atoms with van der Waals surface area (Å²) in [5.41, 5.74) is 1.65. The summed E-state index contributed by atoms with van der Waals surface area (Å²) in [7, 11) is -3.49. The minimum atomic E-state index is -3.49. The van der Waals surface area contributed by atoms with Crippen LogP contribution >= 0.6 is 19.2 Å². The number of hydrogen-bond donors (Lipinski definition) is 1. The Bertz CT molecular complexity index is 719. The lowest BCUT2D eigenvalue weighted by molar-refractivity contribution is 0.168. The Labute approximate surface area is 167 Å². The average molecular weight is 410 g/mol. The molecule has 0 saturated carbocycles. The van der Waals surface area contributed by atoms with Gasteiger partial charge < -0.3 is 14.4 Å². The van der Waals surface area contributed by atoms with Crippen LogP contribution in [0.5, 0.6) is 0 Å². The Hall–Kier alpha value is -1.32. The molecule has 0 unspecified atom stereocenters. The van der Waals surface area contributed by atoms with Gasteiger partial charge in [0, 0.05) is 10.7 Å². The number of rotatable bonds is 10. The first kappa shape index (κ1) is 22.0. The first-order valence-corrected chi connectivity index (χ1v) is 11.2. The first-order valence-electron chi connectivity index (χ1n) is 9.26. The van der Waals surface area contributed by atoms with E-state index < -0.39 is 13.4 Å². The molecule has 27 heavy (non-hydrogen) atoms. The van der Waals surface area contributed by atoms with Gasteiger partial charge in [-0.25, -0.2) is 0 Å². The van der Waals surface area contributed by atoms with Gasteiger partial charge >= 0.3 is 7.60 Å². The van der Waals surface area contributed by atoms with Crippen LogP contribution in [0.15, 0.2) is 54.6 Å². The molecule has 0 aromatic heterocycles. The van der Waals surface area contributed by atoms with E-state index in [0.717, 1.165) is 11.3 Å². The fraction of sp³-hybridized carbons (Fsp3) is 0.429. The Morgan fingerprint density at radius 2 is 1.41 bits per heavy atom. The van der Waals surface area contributed by atoms with Gasteiger partial charge in [-0.1, -0.05) is 69.6 Å². The molecule has 1 N–H and O–H groups in total. The average Bonchev–Trinajstić information content (AvgIpc) is 2.64. The normalized spacial score (nSPS) is 13.1. The highest BCUT2D eigenvalue weighted by Crippen LogP contribution is 2.61. The van der Waals surface area contributed by atoms with Crippen LogP contribution < -0.4 is 5.32 Å². The lowest BCUT2D eigenvalue weighted by Gasteiger charge is -2.30. The van der Waals surface area contributed by atoms with Crippen molar-refractivity contribution in [3.05, 3.63) is 65.2 Å². The largest absolute Gasteiger partial charge is 0.368 e. The predicted octanol–water partition coefficient (Wildman–Crippen LogP) is 6.99. The molecule has 148 valence electrons. The Balaban J connectivity index is 2.40. The number of nitrogens with one attached hydrogen (secondary N) is 1. The lowest BCUT2D eigenvalue weighted by Crippen LogP contribution is -2.18. The SMILES string of the molecule is CC(C)COP(=O)(OCC(C)C)[C@H](Nc1ccccc1)c1ccc(Cl)cc1. The number of benzene rings is 2. The standard InChI is InChI=1S/C21H29ClNO3P/c1-16(2)14-25-27(24,26-15-17(3)4)21(18-10-12-19(22)13-11-18)23-20-8-6-5-7-9-20/h5-13,16-17,21,23H,14-15H2,1-4H3/t21-/m0/s1. The molecule has 2 rings (SSSR count). The van der Waals surface area contributed by atoms with Crippen LogP contribution in [0, 0.1) is 11.8 Å². The van der Waals surface area contributed by atoms with Gasteiger partial charge in [-0.2, -0.15) is 0 Å². The number of anilines is 1. The van der Waals surface area contributed by atoms with Crippen LogP contribution in [0.2, 0.25) is 5.02 Å². The molecule has 2 aromatic carbocycles. The minimum Gasteiger partial charge on any atom is -0.368 e. The van der Waals surface area contributed by atoms with E-state index in [1.165, 1.54) is 0 Å². The Kier molecular flexibility index (Phi) is 8.37. The number of para-hydroxylation sites is 1. The topological polar surface area (TPSA) is 47.6 Å². The fourth-order valence-electron chi connectivity index (χ4n) is 2.37. The summed E-state index contributed by atoms with van der Waals surface area (Å²) in [6.45, 7) is 8.80. The second kappa shape index (κ2) is 10.3. The van der Waals surface area contributed by atoms with E-state index in [0.29, 0.717) is 18.2 Å². The van der Waals surface area contributed by atoms with Crippen molar-refractivity contribution in [2.24, 2.45) is 11.8 Å². The summed E-state index contributed by atoms with van der Waals surface area (Å²) < 4.78 is 25.7. The van der Waals surface area contributed by atoms with Gasteiger partial charge in [-0.05, 0) is 41.7 Å². The minimum absolute atomic E-state index is 0.239. The van der Waals surface area contributed by atoms with Gasteiger partial charge in [-0.3, -0.25) is 4.57 Å². The lowest BCUT2D eigenvalue weighted by atomic mass is 10.2. The third-order valence-corrected chi connectivity index (χ3v) is 6.08. The quantitative estimate of drug-likeness (QED) is 0.429. The zero-order valence-corrected chi connectivity index (χ0v) is 18.0. The maximum Gasteiger partial charge on any atom is 0.357 e. The van der Waals surface area contributed by atoms with Crippen molar-refractivity contribution in [1.29, 1.82) is 0 Å². The molecule has 0 aliphatic heterocycles. The zero-order chi connectivity index (χ0) is 19.9. The van der Waals surface area contributed by atoms with Crippen molar-refractivity contribution >= 4 is 24.9 Å². The zero-order valence-electron chi connectivity index (χ0n) is 16.4. The van der Waals surface area contributed by atoms with Gasteiger partial charge in [0.25, 0.3) is 0 Å². The smallest absolute Gasteiger partial charge is 0.357 e. The van der Waals surface area contributed by atoms with E-state index in [4.69, 9.17) is 20.6 Å².